The molecule has 0 amide bonds. The molecule has 0 fully saturated rings. The molecule has 0 heterocycles. The Morgan fingerprint density at radius 3 is 1.52 bits per heavy atom. The number of ether oxygens (including phenoxy) is 1. The standard InChI is InChI=1S/C24H48O3/c1-3-5-7-8-9-10-11-12-13-14-15-16-17-18-19-23(24(25)26)20-22-27-21-6-4-2/h23H,3-22H2,1-2H3,(H,25,26). The van der Waals surface area contributed by atoms with Crippen molar-refractivity contribution < 1.29 is 14.6 Å². The number of carboxylic acid groups (broad SMARTS) is 1. The summed E-state index contributed by atoms with van der Waals surface area (Å²) in [6.07, 6.45) is 22.4. The number of unbranched alkanes of at least 4 members (excludes halogenated alkanes) is 14. The predicted octanol–water partition coefficient (Wildman–Crippen LogP) is 7.77. The molecule has 1 unspecified atom stereocenters. The minimum Gasteiger partial charge on any atom is -0.481 e. The maximum atomic E-state index is 11.3. The molecule has 3 heteroatoms. The Labute approximate surface area is 169 Å². The van der Waals surface area contributed by atoms with Gasteiger partial charge in [-0.1, -0.05) is 110 Å². The number of hydrogen-bond donors (Lipinski definition) is 1. The van der Waals surface area contributed by atoms with Gasteiger partial charge < -0.3 is 9.84 Å². The van der Waals surface area contributed by atoms with Gasteiger partial charge in [-0.05, 0) is 19.3 Å². The molecule has 0 rings (SSSR count). The maximum absolute atomic E-state index is 11.3. The second-order valence-corrected chi connectivity index (χ2v) is 8.17. The third-order valence-corrected chi connectivity index (χ3v) is 5.51. The molecule has 0 radical (unpaired) electrons. The van der Waals surface area contributed by atoms with Gasteiger partial charge in [-0.25, -0.2) is 0 Å². The minimum absolute atomic E-state index is 0.219. The highest BCUT2D eigenvalue weighted by Gasteiger charge is 2.16. The monoisotopic (exact) mass is 384 g/mol. The van der Waals surface area contributed by atoms with Crippen LogP contribution in [-0.4, -0.2) is 24.3 Å². The third-order valence-electron chi connectivity index (χ3n) is 5.51. The Bertz CT molecular complexity index is 304. The quantitative estimate of drug-likeness (QED) is 0.194. The van der Waals surface area contributed by atoms with Gasteiger partial charge in [-0.2, -0.15) is 0 Å². The number of rotatable bonds is 22. The first-order valence-electron chi connectivity index (χ1n) is 12.0. The fraction of sp³-hybridized carbons (Fsp3) is 0.958. The van der Waals surface area contributed by atoms with Crippen LogP contribution >= 0.6 is 0 Å². The highest BCUT2D eigenvalue weighted by molar-refractivity contribution is 5.69. The van der Waals surface area contributed by atoms with Gasteiger partial charge in [-0.15, -0.1) is 0 Å². The summed E-state index contributed by atoms with van der Waals surface area (Å²) in [5.74, 6) is -0.868. The Hall–Kier alpha value is -0.570. The Morgan fingerprint density at radius 2 is 1.07 bits per heavy atom. The van der Waals surface area contributed by atoms with Crippen molar-refractivity contribution in [2.75, 3.05) is 13.2 Å². The van der Waals surface area contributed by atoms with Crippen LogP contribution in [0.4, 0.5) is 0 Å². The highest BCUT2D eigenvalue weighted by Crippen LogP contribution is 2.17. The normalized spacial score (nSPS) is 12.4. The average molecular weight is 385 g/mol. The first kappa shape index (κ1) is 26.4. The van der Waals surface area contributed by atoms with Crippen molar-refractivity contribution in [3.05, 3.63) is 0 Å². The largest absolute Gasteiger partial charge is 0.481 e. The summed E-state index contributed by atoms with van der Waals surface area (Å²) < 4.78 is 5.52. The van der Waals surface area contributed by atoms with Gasteiger partial charge in [0.2, 0.25) is 0 Å². The summed E-state index contributed by atoms with van der Waals surface area (Å²) in [6.45, 7) is 5.77. The number of carbonyl (C=O) groups is 1. The van der Waals surface area contributed by atoms with Crippen LogP contribution in [-0.2, 0) is 9.53 Å². The van der Waals surface area contributed by atoms with E-state index in [4.69, 9.17) is 4.74 Å². The zero-order chi connectivity index (χ0) is 20.0. The molecule has 0 aliphatic rings. The molecule has 0 aliphatic heterocycles. The molecular formula is C24H48O3. The van der Waals surface area contributed by atoms with Crippen molar-refractivity contribution >= 4 is 5.97 Å². The minimum atomic E-state index is -0.649. The smallest absolute Gasteiger partial charge is 0.306 e. The van der Waals surface area contributed by atoms with Gasteiger partial charge in [0.25, 0.3) is 0 Å². The zero-order valence-electron chi connectivity index (χ0n) is 18.5. The lowest BCUT2D eigenvalue weighted by Gasteiger charge is -2.12. The molecule has 0 aromatic rings. The van der Waals surface area contributed by atoms with E-state index in [1.165, 1.54) is 83.5 Å². The van der Waals surface area contributed by atoms with Crippen molar-refractivity contribution in [2.24, 2.45) is 5.92 Å². The van der Waals surface area contributed by atoms with E-state index in [0.29, 0.717) is 13.0 Å². The summed E-state index contributed by atoms with van der Waals surface area (Å²) in [5.41, 5.74) is 0. The van der Waals surface area contributed by atoms with E-state index in [1.54, 1.807) is 0 Å². The lowest BCUT2D eigenvalue weighted by molar-refractivity contribution is -0.142. The van der Waals surface area contributed by atoms with Gasteiger partial charge in [-0.3, -0.25) is 4.79 Å². The fourth-order valence-corrected chi connectivity index (χ4v) is 3.55. The highest BCUT2D eigenvalue weighted by atomic mass is 16.5. The summed E-state index contributed by atoms with van der Waals surface area (Å²) in [4.78, 5) is 11.3. The van der Waals surface area contributed by atoms with E-state index in [1.807, 2.05) is 0 Å². The third kappa shape index (κ3) is 20.0. The molecule has 0 aromatic carbocycles. The molecule has 1 N–H and O–H groups in total. The van der Waals surface area contributed by atoms with E-state index >= 15 is 0 Å². The van der Waals surface area contributed by atoms with Crippen molar-refractivity contribution in [1.82, 2.24) is 0 Å². The van der Waals surface area contributed by atoms with Crippen LogP contribution in [0.15, 0.2) is 0 Å². The van der Waals surface area contributed by atoms with E-state index in [0.717, 1.165) is 32.3 Å². The molecule has 0 saturated carbocycles. The van der Waals surface area contributed by atoms with Crippen molar-refractivity contribution in [2.45, 2.75) is 129 Å². The van der Waals surface area contributed by atoms with Crippen LogP contribution in [0.1, 0.15) is 129 Å². The molecule has 0 aliphatic carbocycles. The zero-order valence-corrected chi connectivity index (χ0v) is 18.5. The van der Waals surface area contributed by atoms with Gasteiger partial charge in [0.1, 0.15) is 0 Å². The van der Waals surface area contributed by atoms with E-state index in [9.17, 15) is 9.90 Å². The Balaban J connectivity index is 3.36. The van der Waals surface area contributed by atoms with E-state index in [2.05, 4.69) is 13.8 Å². The molecule has 0 saturated heterocycles. The van der Waals surface area contributed by atoms with Crippen LogP contribution < -0.4 is 0 Å². The summed E-state index contributed by atoms with van der Waals surface area (Å²) in [5, 5.41) is 9.32. The molecule has 0 bridgehead atoms. The van der Waals surface area contributed by atoms with E-state index in [-0.39, 0.29) is 5.92 Å². The SMILES string of the molecule is CCCCCCCCCCCCCCCCC(CCOCCCC)C(=O)O. The molecule has 162 valence electrons. The summed E-state index contributed by atoms with van der Waals surface area (Å²) in [6, 6.07) is 0. The predicted molar refractivity (Wildman–Crippen MR) is 116 cm³/mol. The molecule has 1 atom stereocenters. The lowest BCUT2D eigenvalue weighted by Crippen LogP contribution is -2.16. The van der Waals surface area contributed by atoms with Crippen LogP contribution in [0.5, 0.6) is 0 Å². The van der Waals surface area contributed by atoms with Crippen molar-refractivity contribution in [3.8, 4) is 0 Å². The first-order valence-corrected chi connectivity index (χ1v) is 12.0. The van der Waals surface area contributed by atoms with Gasteiger partial charge in [0, 0.05) is 13.2 Å². The van der Waals surface area contributed by atoms with E-state index < -0.39 is 5.97 Å². The number of aliphatic carboxylic acids is 1. The van der Waals surface area contributed by atoms with Crippen LogP contribution in [0.25, 0.3) is 0 Å². The van der Waals surface area contributed by atoms with Crippen molar-refractivity contribution in [3.63, 3.8) is 0 Å². The molecule has 27 heavy (non-hydrogen) atoms. The maximum Gasteiger partial charge on any atom is 0.306 e. The van der Waals surface area contributed by atoms with Crippen LogP contribution in [0.3, 0.4) is 0 Å². The fourth-order valence-electron chi connectivity index (χ4n) is 3.55. The van der Waals surface area contributed by atoms with Crippen LogP contribution in [0.2, 0.25) is 0 Å². The Morgan fingerprint density at radius 1 is 0.630 bits per heavy atom. The molecular weight excluding hydrogens is 336 g/mol. The molecule has 3 nitrogen and oxygen atoms in total. The topological polar surface area (TPSA) is 46.5 Å². The second kappa shape index (κ2) is 21.7. The summed E-state index contributed by atoms with van der Waals surface area (Å²) >= 11 is 0. The van der Waals surface area contributed by atoms with Gasteiger partial charge >= 0.3 is 5.97 Å². The lowest BCUT2D eigenvalue weighted by atomic mass is 9.97. The van der Waals surface area contributed by atoms with Gasteiger partial charge in [0.05, 0.1) is 5.92 Å². The van der Waals surface area contributed by atoms with Gasteiger partial charge in [0.15, 0.2) is 0 Å². The average Bonchev–Trinajstić information content (AvgIpc) is 2.66. The number of hydrogen-bond acceptors (Lipinski definition) is 2. The molecule has 0 aromatic heterocycles. The molecule has 0 spiro atoms. The Kier molecular flexibility index (Phi) is 21.3. The summed E-state index contributed by atoms with van der Waals surface area (Å²) in [7, 11) is 0. The second-order valence-electron chi connectivity index (χ2n) is 8.17. The van der Waals surface area contributed by atoms with Crippen molar-refractivity contribution in [1.29, 1.82) is 0 Å². The van der Waals surface area contributed by atoms with Crippen LogP contribution in [0, 0.1) is 5.92 Å². The number of carboxylic acids is 1. The first-order chi connectivity index (χ1) is 13.2.